The zero-order chi connectivity index (χ0) is 13.9. The molecule has 0 bridgehead atoms. The third kappa shape index (κ3) is 2.82. The fraction of sp³-hybridized carbons (Fsp3) is 0.0833. The van der Waals surface area contributed by atoms with Crippen molar-refractivity contribution in [1.82, 2.24) is 4.98 Å². The van der Waals surface area contributed by atoms with Crippen LogP contribution in [0, 0.1) is 5.82 Å². The summed E-state index contributed by atoms with van der Waals surface area (Å²) < 4.78 is 40.0. The molecule has 0 aliphatic heterocycles. The lowest BCUT2D eigenvalue weighted by molar-refractivity contribution is 0.598. The van der Waals surface area contributed by atoms with Crippen molar-refractivity contribution in [2.24, 2.45) is 0 Å². The molecule has 0 unspecified atom stereocenters. The minimum atomic E-state index is -3.89. The predicted molar refractivity (Wildman–Crippen MR) is 71.0 cm³/mol. The minimum Gasteiger partial charge on any atom is -0.372 e. The Labute approximate surface area is 110 Å². The van der Waals surface area contributed by atoms with Crippen molar-refractivity contribution in [3.8, 4) is 0 Å². The Bertz CT molecular complexity index is 689. The van der Waals surface area contributed by atoms with E-state index in [9.17, 15) is 12.8 Å². The number of hydrogen-bond acceptors (Lipinski definition) is 4. The summed E-state index contributed by atoms with van der Waals surface area (Å²) in [4.78, 5) is 3.86. The minimum absolute atomic E-state index is 0.0410. The van der Waals surface area contributed by atoms with Crippen molar-refractivity contribution in [2.45, 2.75) is 4.90 Å². The van der Waals surface area contributed by atoms with Crippen LogP contribution in [0.1, 0.15) is 0 Å². The third-order valence-electron chi connectivity index (χ3n) is 2.42. The van der Waals surface area contributed by atoms with E-state index in [1.54, 1.807) is 13.1 Å². The Kier molecular flexibility index (Phi) is 3.66. The van der Waals surface area contributed by atoms with E-state index in [1.165, 1.54) is 36.5 Å². The quantitative estimate of drug-likeness (QED) is 0.900. The van der Waals surface area contributed by atoms with Crippen molar-refractivity contribution in [3.05, 3.63) is 48.4 Å². The molecule has 2 aromatic rings. The molecule has 0 aliphatic rings. The van der Waals surface area contributed by atoms with Crippen molar-refractivity contribution in [1.29, 1.82) is 0 Å². The summed E-state index contributed by atoms with van der Waals surface area (Å²) in [7, 11) is -2.33. The van der Waals surface area contributed by atoms with Gasteiger partial charge in [-0.2, -0.15) is 0 Å². The second-order valence-corrected chi connectivity index (χ2v) is 5.34. The van der Waals surface area contributed by atoms with Gasteiger partial charge in [-0.05, 0) is 24.3 Å². The number of sulfonamides is 1. The highest BCUT2D eigenvalue weighted by Gasteiger charge is 2.20. The summed E-state index contributed by atoms with van der Waals surface area (Å²) in [6.07, 6.45) is 1.47. The zero-order valence-electron chi connectivity index (χ0n) is 10.1. The molecule has 2 N–H and O–H groups in total. The molecule has 0 aliphatic carbocycles. The highest BCUT2D eigenvalue weighted by atomic mass is 32.2. The van der Waals surface area contributed by atoms with E-state index in [0.717, 1.165) is 0 Å². The van der Waals surface area contributed by atoms with Crippen LogP contribution in [-0.4, -0.2) is 20.4 Å². The van der Waals surface area contributed by atoms with E-state index in [2.05, 4.69) is 15.0 Å². The van der Waals surface area contributed by atoms with Gasteiger partial charge in [-0.15, -0.1) is 0 Å². The van der Waals surface area contributed by atoms with Gasteiger partial charge in [-0.1, -0.05) is 12.1 Å². The molecule has 1 heterocycles. The number of para-hydroxylation sites is 1. The molecule has 1 aromatic heterocycles. The maximum absolute atomic E-state index is 13.5. The van der Waals surface area contributed by atoms with Crippen LogP contribution in [0.15, 0.2) is 47.5 Å². The molecule has 0 saturated carbocycles. The van der Waals surface area contributed by atoms with Crippen LogP contribution in [0.25, 0.3) is 0 Å². The number of aromatic nitrogens is 1. The number of hydrogen-bond donors (Lipinski definition) is 2. The van der Waals surface area contributed by atoms with Gasteiger partial charge in [-0.3, -0.25) is 4.72 Å². The Morgan fingerprint density at radius 2 is 1.89 bits per heavy atom. The van der Waals surface area contributed by atoms with E-state index < -0.39 is 15.8 Å². The molecule has 0 radical (unpaired) electrons. The van der Waals surface area contributed by atoms with Gasteiger partial charge in [0.1, 0.15) is 16.5 Å². The summed E-state index contributed by atoms with van der Waals surface area (Å²) in [5, 5.41) is 2.68. The number of benzene rings is 1. The zero-order valence-corrected chi connectivity index (χ0v) is 10.9. The maximum Gasteiger partial charge on any atom is 0.265 e. The average molecular weight is 281 g/mol. The third-order valence-corrected chi connectivity index (χ3v) is 3.81. The molecular formula is C12H12FN3O2S. The van der Waals surface area contributed by atoms with E-state index >= 15 is 0 Å². The molecule has 0 saturated heterocycles. The molecule has 0 atom stereocenters. The lowest BCUT2D eigenvalue weighted by Crippen LogP contribution is -2.16. The molecule has 0 amide bonds. The van der Waals surface area contributed by atoms with Crippen molar-refractivity contribution < 1.29 is 12.8 Å². The summed E-state index contributed by atoms with van der Waals surface area (Å²) in [6.45, 7) is 0. The summed E-state index contributed by atoms with van der Waals surface area (Å²) in [5.41, 5.74) is -0.103. The standard InChI is InChI=1S/C12H12FN3O2S/c1-14-12-11(7-4-8-15-12)19(17,18)16-10-6-3-2-5-9(10)13/h2-8,16H,1H3,(H,14,15). The van der Waals surface area contributed by atoms with Crippen LogP contribution in [0.3, 0.4) is 0 Å². The van der Waals surface area contributed by atoms with Gasteiger partial charge in [0, 0.05) is 13.2 Å². The van der Waals surface area contributed by atoms with E-state index in [-0.39, 0.29) is 16.4 Å². The second-order valence-electron chi connectivity index (χ2n) is 3.69. The molecule has 0 spiro atoms. The van der Waals surface area contributed by atoms with Gasteiger partial charge in [-0.25, -0.2) is 17.8 Å². The first-order valence-electron chi connectivity index (χ1n) is 5.45. The summed E-state index contributed by atoms with van der Waals surface area (Å²) in [5.74, 6) is -0.438. The first-order chi connectivity index (χ1) is 9.04. The number of anilines is 2. The van der Waals surface area contributed by atoms with Gasteiger partial charge in [0.25, 0.3) is 10.0 Å². The number of nitrogens with one attached hydrogen (secondary N) is 2. The van der Waals surface area contributed by atoms with Crippen LogP contribution in [0.4, 0.5) is 15.9 Å². The Morgan fingerprint density at radius 3 is 2.58 bits per heavy atom. The molecule has 5 nitrogen and oxygen atoms in total. The highest BCUT2D eigenvalue weighted by molar-refractivity contribution is 7.92. The van der Waals surface area contributed by atoms with Gasteiger partial charge < -0.3 is 5.32 Å². The normalized spacial score (nSPS) is 11.1. The molecular weight excluding hydrogens is 269 g/mol. The Hall–Kier alpha value is -2.15. The van der Waals surface area contributed by atoms with Crippen LogP contribution >= 0.6 is 0 Å². The van der Waals surface area contributed by atoms with Crippen molar-refractivity contribution in [2.75, 3.05) is 17.1 Å². The van der Waals surface area contributed by atoms with Gasteiger partial charge in [0.05, 0.1) is 5.69 Å². The van der Waals surface area contributed by atoms with Crippen LogP contribution in [-0.2, 0) is 10.0 Å². The lowest BCUT2D eigenvalue weighted by atomic mass is 10.3. The van der Waals surface area contributed by atoms with Gasteiger partial charge in [0.15, 0.2) is 0 Å². The smallest absolute Gasteiger partial charge is 0.265 e. The lowest BCUT2D eigenvalue weighted by Gasteiger charge is -2.11. The number of nitrogens with zero attached hydrogens (tertiary/aromatic N) is 1. The Morgan fingerprint density at radius 1 is 1.16 bits per heavy atom. The molecule has 100 valence electrons. The number of halogens is 1. The fourth-order valence-corrected chi connectivity index (χ4v) is 2.77. The van der Waals surface area contributed by atoms with Crippen LogP contribution < -0.4 is 10.0 Å². The second kappa shape index (κ2) is 5.23. The molecule has 0 fully saturated rings. The SMILES string of the molecule is CNc1ncccc1S(=O)(=O)Nc1ccccc1F. The molecule has 1 aromatic carbocycles. The summed E-state index contributed by atoms with van der Waals surface area (Å²) >= 11 is 0. The largest absolute Gasteiger partial charge is 0.372 e. The van der Waals surface area contributed by atoms with Crippen molar-refractivity contribution >= 4 is 21.5 Å². The molecule has 2 rings (SSSR count). The monoisotopic (exact) mass is 281 g/mol. The predicted octanol–water partition coefficient (Wildman–Crippen LogP) is 2.06. The van der Waals surface area contributed by atoms with E-state index in [0.29, 0.717) is 0 Å². The number of rotatable bonds is 4. The first-order valence-corrected chi connectivity index (χ1v) is 6.93. The molecule has 19 heavy (non-hydrogen) atoms. The van der Waals surface area contributed by atoms with Crippen LogP contribution in [0.2, 0.25) is 0 Å². The van der Waals surface area contributed by atoms with Crippen LogP contribution in [0.5, 0.6) is 0 Å². The maximum atomic E-state index is 13.5. The number of pyridine rings is 1. The van der Waals surface area contributed by atoms with Crippen molar-refractivity contribution in [3.63, 3.8) is 0 Å². The van der Waals surface area contributed by atoms with Gasteiger partial charge >= 0.3 is 0 Å². The Balaban J connectivity index is 2.41. The first kappa shape index (κ1) is 13.3. The summed E-state index contributed by atoms with van der Waals surface area (Å²) in [6, 6.07) is 8.44. The molecule has 7 heteroatoms. The van der Waals surface area contributed by atoms with E-state index in [1.807, 2.05) is 0 Å². The topological polar surface area (TPSA) is 71.1 Å². The highest BCUT2D eigenvalue weighted by Crippen LogP contribution is 2.22. The average Bonchev–Trinajstić information content (AvgIpc) is 2.41. The fourth-order valence-electron chi connectivity index (χ4n) is 1.54. The van der Waals surface area contributed by atoms with Gasteiger partial charge in [0.2, 0.25) is 0 Å². The van der Waals surface area contributed by atoms with E-state index in [4.69, 9.17) is 0 Å².